The summed E-state index contributed by atoms with van der Waals surface area (Å²) >= 11 is 0. The van der Waals surface area contributed by atoms with Crippen molar-refractivity contribution in [1.82, 2.24) is 0 Å². The van der Waals surface area contributed by atoms with Crippen LogP contribution in [0, 0.1) is 0 Å². The van der Waals surface area contributed by atoms with Crippen LogP contribution in [0.15, 0.2) is 36.0 Å². The van der Waals surface area contributed by atoms with Crippen molar-refractivity contribution in [2.24, 2.45) is 17.2 Å². The number of carbonyl (C=O) groups is 1. The number of hydrogen-bond acceptors (Lipinski definition) is 4. The highest BCUT2D eigenvalue weighted by Gasteiger charge is 2.12. The third kappa shape index (κ3) is 5.11. The van der Waals surface area contributed by atoms with Gasteiger partial charge in [0.15, 0.2) is 0 Å². The van der Waals surface area contributed by atoms with E-state index < -0.39 is 12.0 Å². The molecule has 0 spiro atoms. The van der Waals surface area contributed by atoms with Crippen LogP contribution in [0.2, 0.25) is 0 Å². The number of carboxylic acid groups (broad SMARTS) is 1. The highest BCUT2D eigenvalue weighted by molar-refractivity contribution is 5.73. The number of benzene rings is 1. The molecule has 2 unspecified atom stereocenters. The predicted molar refractivity (Wildman–Crippen MR) is 75.2 cm³/mol. The van der Waals surface area contributed by atoms with E-state index in [1.54, 1.807) is 0 Å². The van der Waals surface area contributed by atoms with E-state index in [0.717, 1.165) is 16.8 Å². The lowest BCUT2D eigenvalue weighted by Gasteiger charge is -2.12. The fourth-order valence-corrected chi connectivity index (χ4v) is 1.69. The van der Waals surface area contributed by atoms with Gasteiger partial charge >= 0.3 is 5.97 Å². The molecule has 1 aromatic rings. The minimum atomic E-state index is -0.996. The Morgan fingerprint density at radius 3 is 2.37 bits per heavy atom. The quantitative estimate of drug-likeness (QED) is 0.608. The zero-order valence-corrected chi connectivity index (χ0v) is 11.0. The normalized spacial score (nSPS) is 15.0. The van der Waals surface area contributed by atoms with Crippen molar-refractivity contribution < 1.29 is 9.90 Å². The Bertz CT molecular complexity index is 450. The first kappa shape index (κ1) is 15.2. The summed E-state index contributed by atoms with van der Waals surface area (Å²) in [5.41, 5.74) is 19.7. The van der Waals surface area contributed by atoms with Crippen LogP contribution in [0.4, 0.5) is 0 Å². The first-order chi connectivity index (χ1) is 8.90. The van der Waals surface area contributed by atoms with Gasteiger partial charge in [0, 0.05) is 11.7 Å². The second kappa shape index (κ2) is 6.92. The number of aliphatic carboxylic acids is 1. The van der Waals surface area contributed by atoms with Gasteiger partial charge in [-0.2, -0.15) is 0 Å². The molecule has 0 fully saturated rings. The lowest BCUT2D eigenvalue weighted by Crippen LogP contribution is -2.32. The molecule has 0 saturated carbocycles. The van der Waals surface area contributed by atoms with Crippen LogP contribution in [-0.2, 0) is 11.2 Å². The van der Waals surface area contributed by atoms with Crippen molar-refractivity contribution in [3.8, 4) is 0 Å². The monoisotopic (exact) mass is 263 g/mol. The molecule has 0 aromatic heterocycles. The molecular weight excluding hydrogens is 242 g/mol. The highest BCUT2D eigenvalue weighted by Crippen LogP contribution is 2.16. The zero-order valence-electron chi connectivity index (χ0n) is 11.0. The van der Waals surface area contributed by atoms with E-state index in [1.807, 2.05) is 37.3 Å². The van der Waals surface area contributed by atoms with Crippen molar-refractivity contribution >= 4 is 5.97 Å². The first-order valence-electron chi connectivity index (χ1n) is 6.15. The molecule has 0 saturated heterocycles. The summed E-state index contributed by atoms with van der Waals surface area (Å²) in [4.78, 5) is 10.7. The Morgan fingerprint density at radius 2 is 1.89 bits per heavy atom. The maximum absolute atomic E-state index is 10.7. The fourth-order valence-electron chi connectivity index (χ4n) is 1.69. The van der Waals surface area contributed by atoms with Gasteiger partial charge in [0.05, 0.1) is 0 Å². The molecule has 0 heterocycles. The molecule has 5 nitrogen and oxygen atoms in total. The number of allylic oxidation sites excluding steroid dienone is 1. The van der Waals surface area contributed by atoms with Crippen molar-refractivity contribution in [3.63, 3.8) is 0 Å². The van der Waals surface area contributed by atoms with E-state index >= 15 is 0 Å². The van der Waals surface area contributed by atoms with Gasteiger partial charge in [-0.15, -0.1) is 0 Å². The van der Waals surface area contributed by atoms with E-state index in [0.29, 0.717) is 12.8 Å². The fraction of sp³-hybridized carbons (Fsp3) is 0.357. The number of hydrogen-bond donors (Lipinski definition) is 4. The molecule has 5 heteroatoms. The maximum Gasteiger partial charge on any atom is 0.320 e. The molecule has 19 heavy (non-hydrogen) atoms. The molecule has 0 aliphatic heterocycles. The van der Waals surface area contributed by atoms with Crippen molar-refractivity contribution in [2.45, 2.75) is 31.8 Å². The van der Waals surface area contributed by atoms with Gasteiger partial charge in [-0.1, -0.05) is 30.3 Å². The third-order valence-corrected chi connectivity index (χ3v) is 2.87. The lowest BCUT2D eigenvalue weighted by molar-refractivity contribution is -0.138. The van der Waals surface area contributed by atoms with E-state index in [-0.39, 0.29) is 6.04 Å². The smallest absolute Gasteiger partial charge is 0.320 e. The van der Waals surface area contributed by atoms with Crippen molar-refractivity contribution in [2.75, 3.05) is 0 Å². The molecule has 0 amide bonds. The van der Waals surface area contributed by atoms with E-state index in [2.05, 4.69) is 0 Å². The Kier molecular flexibility index (Phi) is 5.54. The largest absolute Gasteiger partial charge is 0.480 e. The van der Waals surface area contributed by atoms with Crippen LogP contribution in [0.1, 0.15) is 30.5 Å². The van der Waals surface area contributed by atoms with Crippen LogP contribution in [0.3, 0.4) is 0 Å². The zero-order chi connectivity index (χ0) is 14.4. The van der Waals surface area contributed by atoms with Gasteiger partial charge in [0.25, 0.3) is 0 Å². The van der Waals surface area contributed by atoms with Gasteiger partial charge < -0.3 is 22.3 Å². The maximum atomic E-state index is 10.7. The van der Waals surface area contributed by atoms with Crippen molar-refractivity contribution in [3.05, 3.63) is 47.2 Å². The van der Waals surface area contributed by atoms with Gasteiger partial charge in [0.2, 0.25) is 0 Å². The predicted octanol–water partition coefficient (Wildman–Crippen LogP) is 0.893. The minimum absolute atomic E-state index is 0.110. The molecule has 0 radical (unpaired) electrons. The summed E-state index contributed by atoms with van der Waals surface area (Å²) in [5.74, 6) is -0.996. The second-order valence-corrected chi connectivity index (χ2v) is 4.68. The molecule has 7 N–H and O–H groups in total. The van der Waals surface area contributed by atoms with E-state index in [9.17, 15) is 4.79 Å². The van der Waals surface area contributed by atoms with Crippen LogP contribution >= 0.6 is 0 Å². The topological polar surface area (TPSA) is 115 Å². The minimum Gasteiger partial charge on any atom is -0.480 e. The molecule has 104 valence electrons. The number of rotatable bonds is 6. The summed E-state index contributed by atoms with van der Waals surface area (Å²) in [6.45, 7) is 1.82. The van der Waals surface area contributed by atoms with E-state index in [1.165, 1.54) is 0 Å². The third-order valence-electron chi connectivity index (χ3n) is 2.87. The lowest BCUT2D eigenvalue weighted by atomic mass is 10.00. The van der Waals surface area contributed by atoms with Crippen LogP contribution < -0.4 is 17.2 Å². The summed E-state index contributed by atoms with van der Waals surface area (Å²) in [7, 11) is 0. The Morgan fingerprint density at radius 1 is 1.32 bits per heavy atom. The Hall–Kier alpha value is -1.85. The first-order valence-corrected chi connectivity index (χ1v) is 6.15. The van der Waals surface area contributed by atoms with Gasteiger partial charge in [-0.25, -0.2) is 0 Å². The summed E-state index contributed by atoms with van der Waals surface area (Å²) in [6, 6.07) is 6.53. The Labute approximate surface area is 113 Å². The molecule has 0 bridgehead atoms. The molecule has 1 aromatic carbocycles. The van der Waals surface area contributed by atoms with Gasteiger partial charge in [0.1, 0.15) is 6.04 Å². The van der Waals surface area contributed by atoms with Crippen LogP contribution in [0.5, 0.6) is 0 Å². The van der Waals surface area contributed by atoms with Gasteiger partial charge in [-0.3, -0.25) is 4.79 Å². The molecule has 1 rings (SSSR count). The SMILES string of the molecule is C/C(N)=C\CC(N)c1ccc(CC(N)C(=O)O)cc1. The average Bonchev–Trinajstić information content (AvgIpc) is 2.36. The van der Waals surface area contributed by atoms with Gasteiger partial charge in [-0.05, 0) is 30.9 Å². The Balaban J connectivity index is 2.65. The second-order valence-electron chi connectivity index (χ2n) is 4.68. The molecule has 2 atom stereocenters. The molecular formula is C14H21N3O2. The van der Waals surface area contributed by atoms with Crippen LogP contribution in [0.25, 0.3) is 0 Å². The highest BCUT2D eigenvalue weighted by atomic mass is 16.4. The number of nitrogens with two attached hydrogens (primary N) is 3. The summed E-state index contributed by atoms with van der Waals surface area (Å²) in [5, 5.41) is 8.74. The molecule has 0 aliphatic carbocycles. The average molecular weight is 263 g/mol. The summed E-state index contributed by atoms with van der Waals surface area (Å²) < 4.78 is 0. The summed E-state index contributed by atoms with van der Waals surface area (Å²) in [6.07, 6.45) is 2.88. The standard InChI is InChI=1S/C14H21N3O2/c1-9(15)2-7-12(16)11-5-3-10(4-6-11)8-13(17)14(18)19/h2-6,12-13H,7-8,15-17H2,1H3,(H,18,19)/b9-2+. The number of carboxylic acids is 1. The van der Waals surface area contributed by atoms with Crippen LogP contribution in [-0.4, -0.2) is 17.1 Å². The van der Waals surface area contributed by atoms with Crippen molar-refractivity contribution in [1.29, 1.82) is 0 Å². The van der Waals surface area contributed by atoms with E-state index in [4.69, 9.17) is 22.3 Å². The molecule has 0 aliphatic rings.